The highest BCUT2D eigenvalue weighted by atomic mass is 32.2. The SMILES string of the molecule is Cn1c(-c2ccccc2)cc2ccc(S(=O)(=O)NC3CCC(C(=O)N4CC(=O)NCC4c4ccccc4)CC3)cc21. The Labute approximate surface area is 240 Å². The van der Waals surface area contributed by atoms with Crippen molar-refractivity contribution in [2.75, 3.05) is 13.1 Å². The fourth-order valence-electron chi connectivity index (χ4n) is 6.19. The highest BCUT2D eigenvalue weighted by Crippen LogP contribution is 2.32. The number of nitrogens with zero attached hydrogens (tertiary/aromatic N) is 2. The number of rotatable bonds is 6. The maximum absolute atomic E-state index is 13.6. The van der Waals surface area contributed by atoms with Crippen LogP contribution < -0.4 is 10.0 Å². The minimum absolute atomic E-state index is 0.0293. The summed E-state index contributed by atoms with van der Waals surface area (Å²) in [6.45, 7) is 0.431. The molecule has 2 aliphatic rings. The molecule has 9 heteroatoms. The molecule has 1 saturated carbocycles. The molecule has 8 nitrogen and oxygen atoms in total. The standard InChI is InChI=1S/C32H34N4O4S/c1-35-28(22-8-4-2-5-9-22)18-25-14-17-27(19-29(25)35)41(39,40)34-26-15-12-24(13-16-26)32(38)36-21-31(37)33-20-30(36)23-10-6-3-7-11-23/h2-11,14,17-19,24,26,30,34H,12-13,15-16,20-21H2,1H3,(H,33,37). The number of carbonyl (C=O) groups is 2. The van der Waals surface area contributed by atoms with Crippen molar-refractivity contribution in [3.8, 4) is 11.3 Å². The monoisotopic (exact) mass is 570 g/mol. The van der Waals surface area contributed by atoms with E-state index in [9.17, 15) is 18.0 Å². The zero-order valence-corrected chi connectivity index (χ0v) is 23.8. The van der Waals surface area contributed by atoms with Gasteiger partial charge in [-0.25, -0.2) is 13.1 Å². The van der Waals surface area contributed by atoms with Crippen LogP contribution in [0.2, 0.25) is 0 Å². The Hall–Kier alpha value is -3.95. The van der Waals surface area contributed by atoms with E-state index in [0.29, 0.717) is 32.2 Å². The number of hydrogen-bond acceptors (Lipinski definition) is 4. The lowest BCUT2D eigenvalue weighted by atomic mass is 9.85. The van der Waals surface area contributed by atoms with Gasteiger partial charge in [0, 0.05) is 42.1 Å². The second-order valence-corrected chi connectivity index (χ2v) is 12.8. The van der Waals surface area contributed by atoms with Crippen molar-refractivity contribution in [1.29, 1.82) is 0 Å². The van der Waals surface area contributed by atoms with Crippen LogP contribution in [0.3, 0.4) is 0 Å². The Kier molecular flexibility index (Phi) is 7.40. The molecule has 6 rings (SSSR count). The second-order valence-electron chi connectivity index (χ2n) is 11.0. The molecule has 1 aliphatic heterocycles. The summed E-state index contributed by atoms with van der Waals surface area (Å²) < 4.78 is 31.7. The van der Waals surface area contributed by atoms with Crippen molar-refractivity contribution in [2.45, 2.75) is 42.7 Å². The van der Waals surface area contributed by atoms with Crippen LogP contribution in [0.5, 0.6) is 0 Å². The number of aromatic nitrogens is 1. The van der Waals surface area contributed by atoms with Crippen LogP contribution in [0.1, 0.15) is 37.3 Å². The molecule has 2 N–H and O–H groups in total. The molecule has 2 fully saturated rings. The van der Waals surface area contributed by atoms with Gasteiger partial charge in [-0.1, -0.05) is 66.7 Å². The molecule has 0 radical (unpaired) electrons. The van der Waals surface area contributed by atoms with Gasteiger partial charge in [0.15, 0.2) is 0 Å². The van der Waals surface area contributed by atoms with E-state index >= 15 is 0 Å². The van der Waals surface area contributed by atoms with Gasteiger partial charge in [0.05, 0.1) is 10.9 Å². The molecular formula is C32H34N4O4S. The van der Waals surface area contributed by atoms with Crippen molar-refractivity contribution in [3.63, 3.8) is 0 Å². The number of sulfonamides is 1. The molecule has 41 heavy (non-hydrogen) atoms. The Morgan fingerprint density at radius 1 is 0.902 bits per heavy atom. The lowest BCUT2D eigenvalue weighted by Gasteiger charge is -2.39. The third kappa shape index (κ3) is 5.52. The molecule has 1 aliphatic carbocycles. The Bertz CT molecular complexity index is 1680. The van der Waals surface area contributed by atoms with Gasteiger partial charge < -0.3 is 14.8 Å². The maximum atomic E-state index is 13.6. The predicted molar refractivity (Wildman–Crippen MR) is 158 cm³/mol. The molecule has 4 aromatic rings. The summed E-state index contributed by atoms with van der Waals surface area (Å²) in [5.74, 6) is -0.416. The van der Waals surface area contributed by atoms with E-state index < -0.39 is 10.0 Å². The van der Waals surface area contributed by atoms with E-state index in [4.69, 9.17) is 0 Å². The predicted octanol–water partition coefficient (Wildman–Crippen LogP) is 4.38. The van der Waals surface area contributed by atoms with Gasteiger partial charge in [0.25, 0.3) is 0 Å². The number of hydrogen-bond donors (Lipinski definition) is 2. The van der Waals surface area contributed by atoms with Gasteiger partial charge in [0.2, 0.25) is 21.8 Å². The molecule has 0 bridgehead atoms. The molecule has 1 atom stereocenters. The first kappa shape index (κ1) is 27.2. The minimum atomic E-state index is -3.75. The van der Waals surface area contributed by atoms with Crippen molar-refractivity contribution in [3.05, 3.63) is 90.5 Å². The first-order chi connectivity index (χ1) is 19.8. The van der Waals surface area contributed by atoms with Gasteiger partial charge in [0.1, 0.15) is 6.54 Å². The lowest BCUT2D eigenvalue weighted by molar-refractivity contribution is -0.145. The van der Waals surface area contributed by atoms with Crippen molar-refractivity contribution in [1.82, 2.24) is 19.5 Å². The summed E-state index contributed by atoms with van der Waals surface area (Å²) in [5.41, 5.74) is 3.93. The molecule has 0 spiro atoms. The van der Waals surface area contributed by atoms with E-state index in [1.807, 2.05) is 78.3 Å². The van der Waals surface area contributed by atoms with E-state index in [2.05, 4.69) is 16.1 Å². The molecular weight excluding hydrogens is 536 g/mol. The van der Waals surface area contributed by atoms with Crippen molar-refractivity contribution in [2.24, 2.45) is 13.0 Å². The van der Waals surface area contributed by atoms with Gasteiger partial charge in [-0.15, -0.1) is 0 Å². The number of carbonyl (C=O) groups excluding carboxylic acids is 2. The molecule has 1 aromatic heterocycles. The number of benzene rings is 3. The van der Waals surface area contributed by atoms with Crippen LogP contribution in [0, 0.1) is 5.92 Å². The summed E-state index contributed by atoms with van der Waals surface area (Å²) >= 11 is 0. The molecule has 3 aromatic carbocycles. The quantitative estimate of drug-likeness (QED) is 0.359. The average Bonchev–Trinajstić information content (AvgIpc) is 3.33. The van der Waals surface area contributed by atoms with Crippen LogP contribution in [-0.4, -0.2) is 48.8 Å². The Balaban J connectivity index is 1.13. The topological polar surface area (TPSA) is 101 Å². The van der Waals surface area contributed by atoms with Crippen molar-refractivity contribution < 1.29 is 18.0 Å². The van der Waals surface area contributed by atoms with Crippen molar-refractivity contribution >= 4 is 32.7 Å². The summed E-state index contributed by atoms with van der Waals surface area (Å²) in [6.07, 6.45) is 2.28. The number of nitrogens with one attached hydrogen (secondary N) is 2. The summed E-state index contributed by atoms with van der Waals surface area (Å²) in [5, 5.41) is 3.86. The van der Waals surface area contributed by atoms with Crippen LogP contribution >= 0.6 is 0 Å². The fraction of sp³-hybridized carbons (Fsp3) is 0.312. The molecule has 1 unspecified atom stereocenters. The Morgan fingerprint density at radius 3 is 2.29 bits per heavy atom. The minimum Gasteiger partial charge on any atom is -0.352 e. The Morgan fingerprint density at radius 2 is 1.59 bits per heavy atom. The van der Waals surface area contributed by atoms with Crippen LogP contribution in [-0.2, 0) is 26.7 Å². The van der Waals surface area contributed by atoms with E-state index in [-0.39, 0.29) is 41.3 Å². The summed E-state index contributed by atoms with van der Waals surface area (Å²) in [4.78, 5) is 27.7. The van der Waals surface area contributed by atoms with E-state index in [1.54, 1.807) is 17.0 Å². The maximum Gasteiger partial charge on any atom is 0.240 e. The van der Waals surface area contributed by atoms with Gasteiger partial charge >= 0.3 is 0 Å². The van der Waals surface area contributed by atoms with E-state index in [1.165, 1.54) is 0 Å². The van der Waals surface area contributed by atoms with Gasteiger partial charge in [-0.05, 0) is 55.0 Å². The summed E-state index contributed by atoms with van der Waals surface area (Å²) in [7, 11) is -1.80. The zero-order valence-electron chi connectivity index (χ0n) is 23.0. The van der Waals surface area contributed by atoms with Gasteiger partial charge in [-0.2, -0.15) is 0 Å². The fourth-order valence-corrected chi connectivity index (χ4v) is 7.51. The highest BCUT2D eigenvalue weighted by molar-refractivity contribution is 7.89. The third-order valence-corrected chi connectivity index (χ3v) is 9.96. The number of amides is 2. The summed E-state index contributed by atoms with van der Waals surface area (Å²) in [6, 6.07) is 26.6. The number of piperazine rings is 1. The van der Waals surface area contributed by atoms with Crippen LogP contribution in [0.15, 0.2) is 89.8 Å². The number of fused-ring (bicyclic) bond motifs is 1. The molecule has 2 heterocycles. The first-order valence-corrected chi connectivity index (χ1v) is 15.6. The lowest BCUT2D eigenvalue weighted by Crippen LogP contribution is -2.54. The smallest absolute Gasteiger partial charge is 0.240 e. The van der Waals surface area contributed by atoms with Gasteiger partial charge in [-0.3, -0.25) is 9.59 Å². The van der Waals surface area contributed by atoms with E-state index in [0.717, 1.165) is 27.7 Å². The molecule has 212 valence electrons. The molecule has 1 saturated heterocycles. The normalized spacial score (nSPS) is 21.5. The third-order valence-electron chi connectivity index (χ3n) is 8.45. The molecule has 2 amide bonds. The zero-order chi connectivity index (χ0) is 28.6. The second kappa shape index (κ2) is 11.1. The number of aryl methyl sites for hydroxylation is 1. The highest BCUT2D eigenvalue weighted by Gasteiger charge is 2.37. The van der Waals surface area contributed by atoms with Crippen LogP contribution in [0.4, 0.5) is 0 Å². The largest absolute Gasteiger partial charge is 0.352 e. The van der Waals surface area contributed by atoms with Crippen LogP contribution in [0.25, 0.3) is 22.2 Å². The average molecular weight is 571 g/mol. The first-order valence-electron chi connectivity index (χ1n) is 14.1.